The zero-order chi connectivity index (χ0) is 26.9. The molecule has 202 valence electrons. The molecule has 2 aliphatic heterocycles. The van der Waals surface area contributed by atoms with Crippen LogP contribution in [0.1, 0.15) is 59.2 Å². The highest BCUT2D eigenvalue weighted by molar-refractivity contribution is 5.94. The van der Waals surface area contributed by atoms with Gasteiger partial charge < -0.3 is 15.0 Å². The zero-order valence-electron chi connectivity index (χ0n) is 22.9. The first-order valence-electron chi connectivity index (χ1n) is 14.3. The van der Waals surface area contributed by atoms with Gasteiger partial charge >= 0.3 is 0 Å². The number of piperidine rings is 1. The van der Waals surface area contributed by atoms with Gasteiger partial charge in [0.1, 0.15) is 11.9 Å². The lowest BCUT2D eigenvalue weighted by molar-refractivity contribution is 0.0934. The number of ether oxygens (including phenoxy) is 1. The first kappa shape index (κ1) is 27.0. The Hall–Kier alpha value is -3.59. The number of hydrogen-bond donors (Lipinski definition) is 1. The van der Waals surface area contributed by atoms with Crippen molar-refractivity contribution in [3.05, 3.63) is 101 Å². The maximum absolute atomic E-state index is 12.7. The number of likely N-dealkylation sites (tertiary alicyclic amines) is 2. The minimum Gasteiger partial charge on any atom is -0.490 e. The van der Waals surface area contributed by atoms with E-state index in [1.807, 2.05) is 54.6 Å². The highest BCUT2D eigenvalue weighted by Crippen LogP contribution is 2.22. The molecule has 1 unspecified atom stereocenters. The third-order valence-electron chi connectivity index (χ3n) is 7.85. The van der Waals surface area contributed by atoms with Crippen LogP contribution in [-0.4, -0.2) is 61.1 Å². The minimum absolute atomic E-state index is 0.0204. The number of hydrogen-bond acceptors (Lipinski definition) is 4. The van der Waals surface area contributed by atoms with E-state index in [1.165, 1.54) is 18.4 Å². The second kappa shape index (κ2) is 13.5. The summed E-state index contributed by atoms with van der Waals surface area (Å²) in [6.07, 6.45) is 5.62. The SMILES string of the molecule is CN1CCCC1CCNC(=O)c1cccc(OC2CCN(Cc3ccc(C#Cc4ccccc4)cc3)CC2)c1. The molecule has 0 radical (unpaired) electrons. The van der Waals surface area contributed by atoms with Gasteiger partial charge in [-0.3, -0.25) is 9.69 Å². The maximum atomic E-state index is 12.7. The van der Waals surface area contributed by atoms with Gasteiger partial charge in [-0.15, -0.1) is 0 Å². The van der Waals surface area contributed by atoms with Gasteiger partial charge in [-0.05, 0) is 93.7 Å². The molecule has 39 heavy (non-hydrogen) atoms. The van der Waals surface area contributed by atoms with Gasteiger partial charge in [-0.2, -0.15) is 0 Å². The number of nitrogens with zero attached hydrogens (tertiary/aromatic N) is 2. The second-order valence-corrected chi connectivity index (χ2v) is 10.8. The summed E-state index contributed by atoms with van der Waals surface area (Å²) < 4.78 is 6.30. The number of carbonyl (C=O) groups excluding carboxylic acids is 1. The Labute approximate surface area is 233 Å². The molecule has 2 heterocycles. The van der Waals surface area contributed by atoms with E-state index >= 15 is 0 Å². The molecule has 2 saturated heterocycles. The highest BCUT2D eigenvalue weighted by Gasteiger charge is 2.22. The Morgan fingerprint density at radius 3 is 2.36 bits per heavy atom. The van der Waals surface area contributed by atoms with E-state index in [4.69, 9.17) is 4.74 Å². The predicted molar refractivity (Wildman–Crippen MR) is 157 cm³/mol. The van der Waals surface area contributed by atoms with Crippen molar-refractivity contribution in [3.63, 3.8) is 0 Å². The fourth-order valence-corrected chi connectivity index (χ4v) is 5.50. The summed E-state index contributed by atoms with van der Waals surface area (Å²) in [7, 11) is 2.17. The van der Waals surface area contributed by atoms with Crippen LogP contribution < -0.4 is 10.1 Å². The number of amides is 1. The van der Waals surface area contributed by atoms with Crippen molar-refractivity contribution in [1.29, 1.82) is 0 Å². The molecule has 5 rings (SSSR count). The van der Waals surface area contributed by atoms with E-state index < -0.39 is 0 Å². The summed E-state index contributed by atoms with van der Waals surface area (Å²) in [6.45, 7) is 4.80. The van der Waals surface area contributed by atoms with Crippen LogP contribution in [0.4, 0.5) is 0 Å². The fraction of sp³-hybridized carbons (Fsp3) is 0.382. The van der Waals surface area contributed by atoms with Crippen LogP contribution in [0.25, 0.3) is 0 Å². The number of carbonyl (C=O) groups is 1. The number of benzene rings is 3. The minimum atomic E-state index is -0.0204. The molecule has 2 aliphatic rings. The van der Waals surface area contributed by atoms with E-state index in [0.717, 1.165) is 62.3 Å². The van der Waals surface area contributed by atoms with E-state index in [1.54, 1.807) is 0 Å². The third kappa shape index (κ3) is 7.95. The van der Waals surface area contributed by atoms with Crippen LogP contribution in [0, 0.1) is 11.8 Å². The largest absolute Gasteiger partial charge is 0.490 e. The van der Waals surface area contributed by atoms with Gasteiger partial charge in [0, 0.05) is 48.9 Å². The first-order valence-corrected chi connectivity index (χ1v) is 14.3. The Balaban J connectivity index is 1.05. The molecule has 5 nitrogen and oxygen atoms in total. The molecule has 0 aliphatic carbocycles. The topological polar surface area (TPSA) is 44.8 Å². The Bertz CT molecular complexity index is 1270. The van der Waals surface area contributed by atoms with Crippen LogP contribution in [-0.2, 0) is 6.54 Å². The van der Waals surface area contributed by atoms with E-state index in [0.29, 0.717) is 18.2 Å². The second-order valence-electron chi connectivity index (χ2n) is 10.8. The smallest absolute Gasteiger partial charge is 0.251 e. The highest BCUT2D eigenvalue weighted by atomic mass is 16.5. The van der Waals surface area contributed by atoms with Gasteiger partial charge in [0.15, 0.2) is 0 Å². The third-order valence-corrected chi connectivity index (χ3v) is 7.85. The first-order chi connectivity index (χ1) is 19.1. The molecule has 1 atom stereocenters. The van der Waals surface area contributed by atoms with Crippen LogP contribution in [0.5, 0.6) is 5.75 Å². The Morgan fingerprint density at radius 1 is 0.897 bits per heavy atom. The number of rotatable bonds is 8. The fourth-order valence-electron chi connectivity index (χ4n) is 5.50. The molecule has 5 heteroatoms. The molecule has 3 aromatic rings. The van der Waals surface area contributed by atoms with Crippen molar-refractivity contribution in [3.8, 4) is 17.6 Å². The van der Waals surface area contributed by atoms with E-state index in [2.05, 4.69) is 58.3 Å². The molecule has 0 saturated carbocycles. The monoisotopic (exact) mass is 521 g/mol. The summed E-state index contributed by atoms with van der Waals surface area (Å²) >= 11 is 0. The van der Waals surface area contributed by atoms with Gasteiger partial charge in [-0.25, -0.2) is 0 Å². The normalized spacial score (nSPS) is 18.3. The van der Waals surface area contributed by atoms with Crippen molar-refractivity contribution >= 4 is 5.91 Å². The molecule has 1 N–H and O–H groups in total. The van der Waals surface area contributed by atoms with Crippen LogP contribution in [0.2, 0.25) is 0 Å². The average Bonchev–Trinajstić information content (AvgIpc) is 3.38. The lowest BCUT2D eigenvalue weighted by atomic mass is 10.1. The van der Waals surface area contributed by atoms with Crippen LogP contribution >= 0.6 is 0 Å². The molecule has 3 aromatic carbocycles. The van der Waals surface area contributed by atoms with Gasteiger partial charge in [0.05, 0.1) is 0 Å². The summed E-state index contributed by atoms with van der Waals surface area (Å²) in [4.78, 5) is 17.6. The van der Waals surface area contributed by atoms with Crippen molar-refractivity contribution < 1.29 is 9.53 Å². The number of nitrogens with one attached hydrogen (secondary N) is 1. The van der Waals surface area contributed by atoms with Crippen molar-refractivity contribution in [2.24, 2.45) is 0 Å². The summed E-state index contributed by atoms with van der Waals surface area (Å²) in [5, 5.41) is 3.09. The lowest BCUT2D eigenvalue weighted by Crippen LogP contribution is -2.37. The Kier molecular flexibility index (Phi) is 9.32. The molecular weight excluding hydrogens is 482 g/mol. The standard InChI is InChI=1S/C34H39N3O2/c1-36-22-6-10-31(36)18-21-35-34(38)30-9-5-11-33(25-30)39-32-19-23-37(24-20-32)26-29-16-14-28(15-17-29)13-12-27-7-3-2-4-8-27/h2-5,7-9,11,14-17,25,31-32H,6,10,18-24,26H2,1H3,(H,35,38). The van der Waals surface area contributed by atoms with E-state index in [-0.39, 0.29) is 12.0 Å². The molecule has 0 spiro atoms. The van der Waals surface area contributed by atoms with Gasteiger partial charge in [0.2, 0.25) is 0 Å². The summed E-state index contributed by atoms with van der Waals surface area (Å²) in [5.41, 5.74) is 4.04. The maximum Gasteiger partial charge on any atom is 0.251 e. The summed E-state index contributed by atoms with van der Waals surface area (Å²) in [5.74, 6) is 7.23. The molecule has 0 bridgehead atoms. The average molecular weight is 522 g/mol. The van der Waals surface area contributed by atoms with Gasteiger partial charge in [-0.1, -0.05) is 48.2 Å². The zero-order valence-corrected chi connectivity index (χ0v) is 22.9. The quantitative estimate of drug-likeness (QED) is 0.406. The summed E-state index contributed by atoms with van der Waals surface area (Å²) in [6, 6.07) is 26.9. The van der Waals surface area contributed by atoms with Crippen LogP contribution in [0.15, 0.2) is 78.9 Å². The van der Waals surface area contributed by atoms with Crippen LogP contribution in [0.3, 0.4) is 0 Å². The Morgan fingerprint density at radius 2 is 1.64 bits per heavy atom. The van der Waals surface area contributed by atoms with Crippen molar-refractivity contribution in [2.75, 3.05) is 33.2 Å². The van der Waals surface area contributed by atoms with Gasteiger partial charge in [0.25, 0.3) is 5.91 Å². The molecule has 2 fully saturated rings. The van der Waals surface area contributed by atoms with Crippen molar-refractivity contribution in [1.82, 2.24) is 15.1 Å². The van der Waals surface area contributed by atoms with E-state index in [9.17, 15) is 4.79 Å². The van der Waals surface area contributed by atoms with Crippen molar-refractivity contribution in [2.45, 2.75) is 50.8 Å². The molecule has 0 aromatic heterocycles. The molecular formula is C34H39N3O2. The molecule has 1 amide bonds. The lowest BCUT2D eigenvalue weighted by Gasteiger charge is -2.32. The predicted octanol–water partition coefficient (Wildman–Crippen LogP) is 5.34.